The zero-order valence-corrected chi connectivity index (χ0v) is 9.16. The van der Waals surface area contributed by atoms with Crippen molar-refractivity contribution in [2.45, 2.75) is 6.18 Å². The van der Waals surface area contributed by atoms with E-state index in [0.29, 0.717) is 0 Å². The molecule has 2 rings (SSSR count). The molecule has 0 atom stereocenters. The fraction of sp³-hybridized carbons (Fsp3) is 0.286. The Morgan fingerprint density at radius 1 is 1.32 bits per heavy atom. The molecule has 2 aromatic rings. The lowest BCUT2D eigenvalue weighted by atomic mass is 10.7. The molecule has 3 N–H and O–H groups in total. The van der Waals surface area contributed by atoms with Gasteiger partial charge in [-0.3, -0.25) is 5.43 Å². The summed E-state index contributed by atoms with van der Waals surface area (Å²) in [6.07, 6.45) is -2.05. The van der Waals surface area contributed by atoms with Crippen LogP contribution in [0.5, 0.6) is 6.01 Å². The van der Waals surface area contributed by atoms with Crippen LogP contribution in [0.25, 0.3) is 5.95 Å². The minimum atomic E-state index is -4.50. The van der Waals surface area contributed by atoms with Gasteiger partial charge in [0.25, 0.3) is 5.95 Å². The van der Waals surface area contributed by atoms with Gasteiger partial charge in [-0.25, -0.2) is 10.8 Å². The first-order valence-electron chi connectivity index (χ1n) is 4.75. The van der Waals surface area contributed by atoms with Crippen LogP contribution in [0.3, 0.4) is 0 Å². The third-order valence-electron chi connectivity index (χ3n) is 1.72. The summed E-state index contributed by atoms with van der Waals surface area (Å²) in [7, 11) is 0. The number of alkyl halides is 3. The first-order valence-corrected chi connectivity index (χ1v) is 4.75. The predicted molar refractivity (Wildman–Crippen MR) is 54.1 cm³/mol. The van der Waals surface area contributed by atoms with Crippen LogP contribution in [0.2, 0.25) is 0 Å². The highest BCUT2D eigenvalue weighted by Gasteiger charge is 2.29. The number of hydrazine groups is 1. The maximum Gasteiger partial charge on any atom is 0.422 e. The molecule has 0 aliphatic rings. The van der Waals surface area contributed by atoms with Crippen molar-refractivity contribution in [1.29, 1.82) is 0 Å². The van der Waals surface area contributed by atoms with Gasteiger partial charge in [-0.15, -0.1) is 0 Å². The van der Waals surface area contributed by atoms with Crippen molar-refractivity contribution in [1.82, 2.24) is 29.7 Å². The molecule has 0 bridgehead atoms. The maximum atomic E-state index is 12.0. The van der Waals surface area contributed by atoms with Crippen LogP contribution in [-0.4, -0.2) is 42.5 Å². The number of nitrogens with two attached hydrogens (primary N) is 1. The summed E-state index contributed by atoms with van der Waals surface area (Å²) in [4.78, 5) is 14.6. The minimum Gasteiger partial charge on any atom is -0.454 e. The SMILES string of the molecule is NNc1nc(OCC(F)(F)F)nc(-n2cncn2)n1. The number of nitrogen functional groups attached to an aromatic ring is 1. The van der Waals surface area contributed by atoms with Crippen LogP contribution in [0.15, 0.2) is 12.7 Å². The van der Waals surface area contributed by atoms with Crippen LogP contribution in [-0.2, 0) is 0 Å². The molecule has 0 spiro atoms. The molecule has 9 nitrogen and oxygen atoms in total. The monoisotopic (exact) mass is 276 g/mol. The van der Waals surface area contributed by atoms with Crippen LogP contribution in [0.1, 0.15) is 0 Å². The average Bonchev–Trinajstić information content (AvgIpc) is 2.89. The van der Waals surface area contributed by atoms with Crippen LogP contribution >= 0.6 is 0 Å². The first-order chi connectivity index (χ1) is 8.98. The second-order valence-electron chi connectivity index (χ2n) is 3.13. The van der Waals surface area contributed by atoms with Gasteiger partial charge in [0.1, 0.15) is 12.7 Å². The molecular weight excluding hydrogens is 269 g/mol. The van der Waals surface area contributed by atoms with Gasteiger partial charge in [0.15, 0.2) is 6.61 Å². The highest BCUT2D eigenvalue weighted by atomic mass is 19.4. The average molecular weight is 276 g/mol. The van der Waals surface area contributed by atoms with E-state index >= 15 is 0 Å². The van der Waals surface area contributed by atoms with Crippen molar-refractivity contribution in [2.24, 2.45) is 5.84 Å². The van der Waals surface area contributed by atoms with Gasteiger partial charge >= 0.3 is 12.2 Å². The Bertz CT molecular complexity index is 542. The topological polar surface area (TPSA) is 117 Å². The van der Waals surface area contributed by atoms with Gasteiger partial charge < -0.3 is 4.74 Å². The zero-order chi connectivity index (χ0) is 13.9. The zero-order valence-electron chi connectivity index (χ0n) is 9.16. The van der Waals surface area contributed by atoms with E-state index in [1.54, 1.807) is 0 Å². The Morgan fingerprint density at radius 2 is 2.11 bits per heavy atom. The summed E-state index contributed by atoms with van der Waals surface area (Å²) in [5, 5.41) is 3.72. The standard InChI is InChI=1S/C7H7F3N8O/c8-7(9,10)1-19-6-15-4(17-11)14-5(16-6)18-3-12-2-13-18/h2-3H,1,11H2,(H,14,15,16,17). The Kier molecular flexibility index (Phi) is 3.41. The third kappa shape index (κ3) is 3.48. The number of nitrogens with zero attached hydrogens (tertiary/aromatic N) is 6. The van der Waals surface area contributed by atoms with Crippen molar-refractivity contribution in [3.63, 3.8) is 0 Å². The van der Waals surface area contributed by atoms with E-state index in [1.165, 1.54) is 12.7 Å². The minimum absolute atomic E-state index is 0.0855. The molecule has 0 aliphatic carbocycles. The highest BCUT2D eigenvalue weighted by Crippen LogP contribution is 2.17. The van der Waals surface area contributed by atoms with Crippen LogP contribution in [0, 0.1) is 0 Å². The maximum absolute atomic E-state index is 12.0. The van der Waals surface area contributed by atoms with E-state index in [9.17, 15) is 13.2 Å². The quantitative estimate of drug-likeness (QED) is 0.576. The van der Waals surface area contributed by atoms with E-state index in [2.05, 4.69) is 35.2 Å². The lowest BCUT2D eigenvalue weighted by Gasteiger charge is -2.09. The first kappa shape index (κ1) is 12.9. The van der Waals surface area contributed by atoms with Crippen LogP contribution < -0.4 is 16.0 Å². The number of nitrogens with one attached hydrogen (secondary N) is 1. The largest absolute Gasteiger partial charge is 0.454 e. The molecule has 0 amide bonds. The molecule has 102 valence electrons. The van der Waals surface area contributed by atoms with E-state index < -0.39 is 18.8 Å². The van der Waals surface area contributed by atoms with Crippen LogP contribution in [0.4, 0.5) is 19.1 Å². The van der Waals surface area contributed by atoms with E-state index in [-0.39, 0.29) is 11.9 Å². The number of hydrogen-bond donors (Lipinski definition) is 2. The fourth-order valence-electron chi connectivity index (χ4n) is 1.04. The molecule has 0 fully saturated rings. The number of halogens is 3. The second-order valence-corrected chi connectivity index (χ2v) is 3.13. The Morgan fingerprint density at radius 3 is 2.68 bits per heavy atom. The van der Waals surface area contributed by atoms with Gasteiger partial charge in [-0.05, 0) is 0 Å². The fourth-order valence-corrected chi connectivity index (χ4v) is 1.04. The summed E-state index contributed by atoms with van der Waals surface area (Å²) in [5.74, 6) is 4.84. The molecule has 0 aromatic carbocycles. The van der Waals surface area contributed by atoms with Gasteiger partial charge in [0, 0.05) is 0 Å². The molecule has 19 heavy (non-hydrogen) atoms. The normalized spacial score (nSPS) is 11.4. The summed E-state index contributed by atoms with van der Waals surface area (Å²) < 4.78 is 41.6. The molecule has 0 saturated heterocycles. The van der Waals surface area contributed by atoms with E-state index in [0.717, 1.165) is 4.68 Å². The summed E-state index contributed by atoms with van der Waals surface area (Å²) >= 11 is 0. The smallest absolute Gasteiger partial charge is 0.422 e. The van der Waals surface area contributed by atoms with Gasteiger partial charge in [-0.1, -0.05) is 0 Å². The molecule has 2 heterocycles. The molecule has 12 heteroatoms. The highest BCUT2D eigenvalue weighted by molar-refractivity contribution is 5.27. The molecule has 0 radical (unpaired) electrons. The molecule has 0 aliphatic heterocycles. The van der Waals surface area contributed by atoms with Gasteiger partial charge in [0.2, 0.25) is 5.95 Å². The summed E-state index contributed by atoms with van der Waals surface area (Å²) in [5.41, 5.74) is 2.08. The van der Waals surface area contributed by atoms with Crippen molar-refractivity contribution in [3.8, 4) is 12.0 Å². The number of ether oxygens (including phenoxy) is 1. The summed E-state index contributed by atoms with van der Waals surface area (Å²) in [6.45, 7) is -1.53. The third-order valence-corrected chi connectivity index (χ3v) is 1.72. The van der Waals surface area contributed by atoms with Gasteiger partial charge in [0.05, 0.1) is 0 Å². The summed E-state index contributed by atoms with van der Waals surface area (Å²) in [6, 6.07) is -0.536. The molecular formula is C7H7F3N8O. The van der Waals surface area contributed by atoms with Gasteiger partial charge in [-0.2, -0.15) is 37.9 Å². The van der Waals surface area contributed by atoms with Crippen molar-refractivity contribution in [3.05, 3.63) is 12.7 Å². The Labute approximate surface area is 103 Å². The van der Waals surface area contributed by atoms with E-state index in [1.807, 2.05) is 0 Å². The van der Waals surface area contributed by atoms with Crippen molar-refractivity contribution in [2.75, 3.05) is 12.0 Å². The van der Waals surface area contributed by atoms with E-state index in [4.69, 9.17) is 5.84 Å². The number of hydrogen-bond acceptors (Lipinski definition) is 8. The lowest BCUT2D eigenvalue weighted by molar-refractivity contribution is -0.154. The second kappa shape index (κ2) is 5.01. The van der Waals surface area contributed by atoms with Crippen molar-refractivity contribution < 1.29 is 17.9 Å². The number of aromatic nitrogens is 6. The van der Waals surface area contributed by atoms with Crippen molar-refractivity contribution >= 4 is 5.95 Å². The predicted octanol–water partition coefficient (Wildman–Crippen LogP) is -0.321. The molecule has 0 saturated carbocycles. The lowest BCUT2D eigenvalue weighted by Crippen LogP contribution is -2.21. The Hall–Kier alpha value is -2.50. The number of rotatable bonds is 4. The molecule has 0 unspecified atom stereocenters. The molecule has 2 aromatic heterocycles. The number of anilines is 1. The Balaban J connectivity index is 2.26.